The van der Waals surface area contributed by atoms with E-state index in [0.29, 0.717) is 0 Å². The number of carbonyl (C=O) groups is 2. The average molecular weight is 508 g/mol. The summed E-state index contributed by atoms with van der Waals surface area (Å²) in [5, 5.41) is 4.46. The highest BCUT2D eigenvalue weighted by Crippen LogP contribution is 2.39. The maximum Gasteiger partial charge on any atom is 0.420 e. The summed E-state index contributed by atoms with van der Waals surface area (Å²) in [6.45, 7) is 3.30. The maximum atomic E-state index is 13.3. The van der Waals surface area contributed by atoms with Crippen molar-refractivity contribution in [1.29, 1.82) is 0 Å². The van der Waals surface area contributed by atoms with Crippen LogP contribution >= 0.6 is 0 Å². The molecule has 2 amide bonds. The monoisotopic (exact) mass is 508 g/mol. The molecule has 0 saturated heterocycles. The van der Waals surface area contributed by atoms with Crippen molar-refractivity contribution >= 4 is 18.0 Å². The number of hydrogen-bond donors (Lipinski definition) is 3. The molecule has 1 aromatic rings. The molecule has 0 radical (unpaired) electrons. The Balaban J connectivity index is 1.95. The van der Waals surface area contributed by atoms with Crippen molar-refractivity contribution in [2.24, 2.45) is 10.7 Å². The number of alkyl halides is 6. The molecule has 0 heterocycles. The molecule has 1 aliphatic rings. The first-order valence-corrected chi connectivity index (χ1v) is 9.92. The molecule has 35 heavy (non-hydrogen) atoms. The number of nitrogens with two attached hydrogens (primary N) is 1. The number of benzene rings is 1. The Morgan fingerprint density at radius 3 is 2.40 bits per heavy atom. The van der Waals surface area contributed by atoms with Gasteiger partial charge in [-0.25, -0.2) is 0 Å². The van der Waals surface area contributed by atoms with E-state index in [1.165, 1.54) is 13.2 Å². The van der Waals surface area contributed by atoms with Crippen LogP contribution in [0.3, 0.4) is 0 Å². The summed E-state index contributed by atoms with van der Waals surface area (Å²) < 4.78 is 86.9. The topological polar surface area (TPSA) is 115 Å². The van der Waals surface area contributed by atoms with Gasteiger partial charge >= 0.3 is 12.4 Å². The van der Waals surface area contributed by atoms with E-state index in [4.69, 9.17) is 15.2 Å². The Morgan fingerprint density at radius 2 is 1.89 bits per heavy atom. The van der Waals surface area contributed by atoms with E-state index in [0.717, 1.165) is 24.5 Å². The third kappa shape index (κ3) is 8.22. The molecule has 1 fully saturated rings. The molecule has 2 rings (SSSR count). The second-order valence-electron chi connectivity index (χ2n) is 7.46. The lowest BCUT2D eigenvalue weighted by molar-refractivity contribution is -0.155. The molecule has 1 aromatic carbocycles. The van der Waals surface area contributed by atoms with Gasteiger partial charge in [0.2, 0.25) is 11.8 Å². The van der Waals surface area contributed by atoms with Crippen LogP contribution in [0.2, 0.25) is 0 Å². The van der Waals surface area contributed by atoms with E-state index in [1.807, 2.05) is 0 Å². The van der Waals surface area contributed by atoms with Crippen molar-refractivity contribution in [3.63, 3.8) is 0 Å². The highest BCUT2D eigenvalue weighted by molar-refractivity contribution is 5.94. The number of ether oxygens (including phenoxy) is 2. The van der Waals surface area contributed by atoms with Gasteiger partial charge in [0, 0.05) is 6.20 Å². The number of methoxy groups -OCH3 is 1. The SMILES string of the molecule is C=C(CNC(=O)C1(NC(=O)CC(F)(F)F)CC1)/N=C\C(=C/N)Oc1ccc(OC)cc1C(F)(F)F. The third-order valence-corrected chi connectivity index (χ3v) is 4.64. The predicted octanol–water partition coefficient (Wildman–Crippen LogP) is 3.19. The van der Waals surface area contributed by atoms with Crippen molar-refractivity contribution in [3.05, 3.63) is 48.0 Å². The molecule has 0 unspecified atom stereocenters. The van der Waals surface area contributed by atoms with E-state index in [2.05, 4.69) is 22.2 Å². The molecule has 0 aliphatic heterocycles. The molecule has 0 spiro atoms. The smallest absolute Gasteiger partial charge is 0.420 e. The molecule has 0 aromatic heterocycles. The highest BCUT2D eigenvalue weighted by atomic mass is 19.4. The van der Waals surface area contributed by atoms with Crippen LogP contribution in [0.1, 0.15) is 24.8 Å². The Morgan fingerprint density at radius 1 is 1.23 bits per heavy atom. The Labute approximate surface area is 195 Å². The number of nitrogens with one attached hydrogen (secondary N) is 2. The Bertz CT molecular complexity index is 1030. The fourth-order valence-corrected chi connectivity index (χ4v) is 2.76. The molecule has 1 saturated carbocycles. The van der Waals surface area contributed by atoms with E-state index in [1.54, 1.807) is 0 Å². The summed E-state index contributed by atoms with van der Waals surface area (Å²) in [5.74, 6) is -2.92. The van der Waals surface area contributed by atoms with Gasteiger partial charge in [0.15, 0.2) is 5.76 Å². The normalized spacial score (nSPS) is 15.5. The number of amides is 2. The van der Waals surface area contributed by atoms with Crippen LogP contribution in [0.5, 0.6) is 11.5 Å². The van der Waals surface area contributed by atoms with Crippen LogP contribution in [-0.2, 0) is 15.8 Å². The number of hydrogen-bond acceptors (Lipinski definition) is 6. The molecule has 0 bridgehead atoms. The van der Waals surface area contributed by atoms with Crippen molar-refractivity contribution < 1.29 is 45.4 Å². The zero-order valence-corrected chi connectivity index (χ0v) is 18.3. The molecular formula is C21H22F6N4O4. The molecule has 1 aliphatic carbocycles. The molecule has 8 nitrogen and oxygen atoms in total. The van der Waals surface area contributed by atoms with Crippen molar-refractivity contribution in [3.8, 4) is 11.5 Å². The van der Waals surface area contributed by atoms with Crippen molar-refractivity contribution in [2.45, 2.75) is 37.2 Å². The van der Waals surface area contributed by atoms with E-state index in [9.17, 15) is 35.9 Å². The molecule has 0 atom stereocenters. The molecular weight excluding hydrogens is 486 g/mol. The van der Waals surface area contributed by atoms with E-state index >= 15 is 0 Å². The minimum Gasteiger partial charge on any atom is -0.497 e. The molecule has 4 N–H and O–H groups in total. The van der Waals surface area contributed by atoms with Gasteiger partial charge in [-0.05, 0) is 31.0 Å². The summed E-state index contributed by atoms with van der Waals surface area (Å²) in [7, 11) is 1.21. The second kappa shape index (κ2) is 10.7. The van der Waals surface area contributed by atoms with Crippen LogP contribution in [0.25, 0.3) is 0 Å². The van der Waals surface area contributed by atoms with Gasteiger partial charge in [-0.1, -0.05) is 6.58 Å². The lowest BCUT2D eigenvalue weighted by atomic mass is 10.2. The van der Waals surface area contributed by atoms with Gasteiger partial charge in [-0.2, -0.15) is 26.3 Å². The summed E-state index contributed by atoms with van der Waals surface area (Å²) in [5.41, 5.74) is 2.87. The lowest BCUT2D eigenvalue weighted by Gasteiger charge is -2.18. The van der Waals surface area contributed by atoms with Crippen LogP contribution in [-0.4, -0.2) is 43.4 Å². The minimum atomic E-state index is -4.75. The lowest BCUT2D eigenvalue weighted by Crippen LogP contribution is -2.50. The third-order valence-electron chi connectivity index (χ3n) is 4.64. The highest BCUT2D eigenvalue weighted by Gasteiger charge is 2.51. The van der Waals surface area contributed by atoms with E-state index in [-0.39, 0.29) is 36.6 Å². The first-order valence-electron chi connectivity index (χ1n) is 9.92. The zero-order valence-electron chi connectivity index (χ0n) is 18.3. The van der Waals surface area contributed by atoms with Gasteiger partial charge in [0.05, 0.1) is 25.6 Å². The minimum absolute atomic E-state index is 0.0180. The largest absolute Gasteiger partial charge is 0.497 e. The van der Waals surface area contributed by atoms with Crippen LogP contribution in [0.15, 0.2) is 47.4 Å². The van der Waals surface area contributed by atoms with Crippen LogP contribution < -0.4 is 25.8 Å². The predicted molar refractivity (Wildman–Crippen MR) is 112 cm³/mol. The number of halogens is 6. The second-order valence-corrected chi connectivity index (χ2v) is 7.46. The van der Waals surface area contributed by atoms with Gasteiger partial charge in [0.25, 0.3) is 0 Å². The summed E-state index contributed by atoms with van der Waals surface area (Å²) >= 11 is 0. The fourth-order valence-electron chi connectivity index (χ4n) is 2.76. The molecule has 14 heteroatoms. The average Bonchev–Trinajstić information content (AvgIpc) is 3.53. The van der Waals surface area contributed by atoms with Crippen molar-refractivity contribution in [1.82, 2.24) is 10.6 Å². The summed E-state index contributed by atoms with van der Waals surface area (Å²) in [4.78, 5) is 27.6. The zero-order chi connectivity index (χ0) is 26.4. The van der Waals surface area contributed by atoms with Crippen LogP contribution in [0.4, 0.5) is 26.3 Å². The van der Waals surface area contributed by atoms with E-state index < -0.39 is 47.4 Å². The van der Waals surface area contributed by atoms with Crippen LogP contribution in [0, 0.1) is 0 Å². The Kier molecular flexibility index (Phi) is 8.41. The maximum absolute atomic E-state index is 13.3. The number of aliphatic imine (C=N–C) groups is 1. The number of rotatable bonds is 10. The fraction of sp³-hybridized carbons (Fsp3) is 0.381. The molecule has 192 valence electrons. The first-order chi connectivity index (χ1) is 16.2. The summed E-state index contributed by atoms with van der Waals surface area (Å²) in [6.07, 6.45) is -9.01. The number of carbonyl (C=O) groups excluding carboxylic acids is 2. The van der Waals surface area contributed by atoms with Gasteiger partial charge < -0.3 is 25.8 Å². The number of nitrogens with zero attached hydrogens (tertiary/aromatic N) is 1. The Hall–Kier alpha value is -3.71. The van der Waals surface area contributed by atoms with Gasteiger partial charge in [0.1, 0.15) is 29.0 Å². The van der Waals surface area contributed by atoms with Crippen molar-refractivity contribution in [2.75, 3.05) is 13.7 Å². The van der Waals surface area contributed by atoms with Gasteiger partial charge in [-0.15, -0.1) is 0 Å². The quantitative estimate of drug-likeness (QED) is 0.255. The van der Waals surface area contributed by atoms with Gasteiger partial charge in [-0.3, -0.25) is 14.6 Å². The summed E-state index contributed by atoms with van der Waals surface area (Å²) in [6, 6.07) is 3.04. The standard InChI is InChI=1S/C21H22F6N4O4/c1-12(10-30-18(33)19(5-6-19)31-17(32)8-20(22,23)24)29-11-14(9-28)35-16-4-3-13(34-2)7-15(16)21(25,26)27/h3-4,7,9,11H,1,5-6,8,10,28H2,2H3,(H,30,33)(H,31,32)/b14-9+,29-11-. The number of allylic oxidation sites excluding steroid dienone is 1. The first kappa shape index (κ1) is 27.5.